The quantitative estimate of drug-likeness (QED) is 0.872. The first kappa shape index (κ1) is 12.4. The van der Waals surface area contributed by atoms with Gasteiger partial charge in [0.25, 0.3) is 0 Å². The number of amides is 1. The normalized spacial score (nSPS) is 20.9. The molecule has 18 heavy (non-hydrogen) atoms. The molecule has 1 aromatic carbocycles. The van der Waals surface area contributed by atoms with E-state index in [2.05, 4.69) is 5.32 Å². The maximum absolute atomic E-state index is 11.7. The minimum absolute atomic E-state index is 0.264. The van der Waals surface area contributed by atoms with Crippen LogP contribution in [-0.4, -0.2) is 17.0 Å². The number of nitrogens with zero attached hydrogens (tertiary/aromatic N) is 1. The second-order valence-electron chi connectivity index (χ2n) is 4.08. The Hall–Kier alpha value is -2.06. The first-order chi connectivity index (χ1) is 8.52. The Kier molecular flexibility index (Phi) is 3.21. The molecule has 2 rings (SSSR count). The van der Waals surface area contributed by atoms with Crippen molar-refractivity contribution in [2.24, 2.45) is 11.8 Å². The van der Waals surface area contributed by atoms with Crippen molar-refractivity contribution >= 4 is 29.2 Å². The Bertz CT molecular complexity index is 565. The lowest BCUT2D eigenvalue weighted by molar-refractivity contribution is -0.139. The molecule has 1 amide bonds. The fourth-order valence-corrected chi connectivity index (χ4v) is 1.84. The highest BCUT2D eigenvalue weighted by molar-refractivity contribution is 6.31. The van der Waals surface area contributed by atoms with Gasteiger partial charge in [0.15, 0.2) is 0 Å². The third-order valence-electron chi connectivity index (χ3n) is 2.80. The van der Waals surface area contributed by atoms with E-state index in [1.54, 1.807) is 6.07 Å². The maximum atomic E-state index is 11.7. The summed E-state index contributed by atoms with van der Waals surface area (Å²) in [6.45, 7) is 0. The van der Waals surface area contributed by atoms with Crippen LogP contribution in [0.1, 0.15) is 12.0 Å². The molecule has 2 atom stereocenters. The number of hydrogen-bond acceptors (Lipinski definition) is 3. The molecule has 0 aromatic heterocycles. The van der Waals surface area contributed by atoms with Crippen LogP contribution in [0.4, 0.5) is 5.69 Å². The van der Waals surface area contributed by atoms with Crippen LogP contribution in [0, 0.1) is 23.2 Å². The van der Waals surface area contributed by atoms with Crippen LogP contribution in [0.2, 0.25) is 5.02 Å². The van der Waals surface area contributed by atoms with Crippen LogP contribution in [0.3, 0.4) is 0 Å². The summed E-state index contributed by atoms with van der Waals surface area (Å²) >= 11 is 5.76. The molecule has 0 heterocycles. The summed E-state index contributed by atoms with van der Waals surface area (Å²) in [5.41, 5.74) is 0.706. The van der Waals surface area contributed by atoms with Gasteiger partial charge in [-0.05, 0) is 24.6 Å². The molecule has 6 heteroatoms. The SMILES string of the molecule is N#Cc1cc(NC(=O)[C@@H]2C[C@@H]2C(=O)O)ccc1Cl. The van der Waals surface area contributed by atoms with Crippen molar-refractivity contribution in [3.05, 3.63) is 28.8 Å². The first-order valence-electron chi connectivity index (χ1n) is 5.26. The standard InChI is InChI=1S/C12H9ClN2O3/c13-10-2-1-7(3-6(10)5-14)15-11(16)8-4-9(8)12(17)18/h1-3,8-9H,4H2,(H,15,16)(H,17,18)/t8-,9+/m1/s1. The van der Waals surface area contributed by atoms with Crippen molar-refractivity contribution in [3.8, 4) is 6.07 Å². The number of carboxylic acids is 1. The second kappa shape index (κ2) is 4.67. The van der Waals surface area contributed by atoms with E-state index in [4.69, 9.17) is 22.0 Å². The van der Waals surface area contributed by atoms with Gasteiger partial charge in [-0.3, -0.25) is 9.59 Å². The molecule has 0 saturated heterocycles. The number of carbonyl (C=O) groups excluding carboxylic acids is 1. The topological polar surface area (TPSA) is 90.2 Å². The van der Waals surface area contributed by atoms with Crippen molar-refractivity contribution in [2.75, 3.05) is 5.32 Å². The predicted octanol–water partition coefficient (Wildman–Crippen LogP) is 1.87. The Balaban J connectivity index is 2.05. The number of nitrogens with one attached hydrogen (secondary N) is 1. The van der Waals surface area contributed by atoms with Crippen molar-refractivity contribution < 1.29 is 14.7 Å². The monoisotopic (exact) mass is 264 g/mol. The van der Waals surface area contributed by atoms with Gasteiger partial charge in [-0.15, -0.1) is 0 Å². The van der Waals surface area contributed by atoms with Crippen molar-refractivity contribution in [1.29, 1.82) is 5.26 Å². The first-order valence-corrected chi connectivity index (χ1v) is 5.64. The third-order valence-corrected chi connectivity index (χ3v) is 3.13. The largest absolute Gasteiger partial charge is 0.481 e. The van der Waals surface area contributed by atoms with Gasteiger partial charge in [0.1, 0.15) is 6.07 Å². The van der Waals surface area contributed by atoms with Gasteiger partial charge < -0.3 is 10.4 Å². The van der Waals surface area contributed by atoms with E-state index in [0.717, 1.165) is 0 Å². The Morgan fingerprint density at radius 3 is 2.72 bits per heavy atom. The molecule has 2 N–H and O–H groups in total. The summed E-state index contributed by atoms with van der Waals surface area (Å²) in [6, 6.07) is 6.44. The van der Waals surface area contributed by atoms with Crippen LogP contribution in [0.5, 0.6) is 0 Å². The van der Waals surface area contributed by atoms with Gasteiger partial charge in [0, 0.05) is 5.69 Å². The number of aliphatic carboxylic acids is 1. The number of carbonyl (C=O) groups is 2. The summed E-state index contributed by atoms with van der Waals surface area (Å²) in [4.78, 5) is 22.3. The zero-order chi connectivity index (χ0) is 13.3. The molecule has 0 bridgehead atoms. The number of halogens is 1. The van der Waals surface area contributed by atoms with Gasteiger partial charge >= 0.3 is 5.97 Å². The summed E-state index contributed by atoms with van der Waals surface area (Å²) < 4.78 is 0. The van der Waals surface area contributed by atoms with E-state index < -0.39 is 17.8 Å². The zero-order valence-corrected chi connectivity index (χ0v) is 9.94. The molecular weight excluding hydrogens is 256 g/mol. The van der Waals surface area contributed by atoms with Gasteiger partial charge in [-0.2, -0.15) is 5.26 Å². The minimum Gasteiger partial charge on any atom is -0.481 e. The van der Waals surface area contributed by atoms with Crippen LogP contribution in [0.25, 0.3) is 0 Å². The summed E-state index contributed by atoms with van der Waals surface area (Å²) in [5, 5.41) is 20.4. The fourth-order valence-electron chi connectivity index (χ4n) is 1.68. The lowest BCUT2D eigenvalue weighted by atomic mass is 10.2. The fraction of sp³-hybridized carbons (Fsp3) is 0.250. The molecule has 1 aliphatic carbocycles. The highest BCUT2D eigenvalue weighted by Crippen LogP contribution is 2.39. The minimum atomic E-state index is -0.955. The molecule has 0 spiro atoms. The van der Waals surface area contributed by atoms with E-state index in [1.165, 1.54) is 12.1 Å². The molecule has 1 aliphatic rings. The van der Waals surface area contributed by atoms with E-state index in [1.807, 2.05) is 6.07 Å². The Morgan fingerprint density at radius 1 is 1.44 bits per heavy atom. The van der Waals surface area contributed by atoms with E-state index >= 15 is 0 Å². The summed E-state index contributed by atoms with van der Waals surface area (Å²) in [5.74, 6) is -2.37. The molecule has 1 fully saturated rings. The van der Waals surface area contributed by atoms with Gasteiger partial charge in [0.2, 0.25) is 5.91 Å². The van der Waals surface area contributed by atoms with Gasteiger partial charge in [0.05, 0.1) is 22.4 Å². The van der Waals surface area contributed by atoms with Crippen molar-refractivity contribution in [1.82, 2.24) is 0 Å². The van der Waals surface area contributed by atoms with Gasteiger partial charge in [-0.1, -0.05) is 11.6 Å². The highest BCUT2D eigenvalue weighted by atomic mass is 35.5. The summed E-state index contributed by atoms with van der Waals surface area (Å²) in [6.07, 6.45) is 0.361. The van der Waals surface area contributed by atoms with Gasteiger partial charge in [-0.25, -0.2) is 0 Å². The molecule has 5 nitrogen and oxygen atoms in total. The highest BCUT2D eigenvalue weighted by Gasteiger charge is 2.48. The molecule has 0 unspecified atom stereocenters. The maximum Gasteiger partial charge on any atom is 0.307 e. The van der Waals surface area contributed by atoms with E-state index in [9.17, 15) is 9.59 Å². The third kappa shape index (κ3) is 2.44. The molecule has 1 aromatic rings. The van der Waals surface area contributed by atoms with Crippen LogP contribution in [0.15, 0.2) is 18.2 Å². The summed E-state index contributed by atoms with van der Waals surface area (Å²) in [7, 11) is 0. The molecule has 1 saturated carbocycles. The number of rotatable bonds is 3. The van der Waals surface area contributed by atoms with Crippen molar-refractivity contribution in [2.45, 2.75) is 6.42 Å². The predicted molar refractivity (Wildman–Crippen MR) is 64.0 cm³/mol. The molecule has 0 aliphatic heterocycles. The molecular formula is C12H9ClN2O3. The number of nitriles is 1. The Morgan fingerprint density at radius 2 is 2.17 bits per heavy atom. The van der Waals surface area contributed by atoms with Crippen molar-refractivity contribution in [3.63, 3.8) is 0 Å². The lowest BCUT2D eigenvalue weighted by Crippen LogP contribution is -2.16. The number of anilines is 1. The number of benzene rings is 1. The number of carboxylic acid groups (broad SMARTS) is 1. The molecule has 92 valence electrons. The van der Waals surface area contributed by atoms with E-state index in [-0.39, 0.29) is 11.5 Å². The van der Waals surface area contributed by atoms with Crippen LogP contribution < -0.4 is 5.32 Å². The smallest absolute Gasteiger partial charge is 0.307 e. The molecule has 0 radical (unpaired) electrons. The van der Waals surface area contributed by atoms with E-state index in [0.29, 0.717) is 17.1 Å². The van der Waals surface area contributed by atoms with Crippen LogP contribution in [-0.2, 0) is 9.59 Å². The average molecular weight is 265 g/mol. The lowest BCUT2D eigenvalue weighted by Gasteiger charge is -2.05. The Labute approximate surface area is 108 Å². The van der Waals surface area contributed by atoms with Crippen LogP contribution >= 0.6 is 11.6 Å². The second-order valence-corrected chi connectivity index (χ2v) is 4.49. The zero-order valence-electron chi connectivity index (χ0n) is 9.18. The average Bonchev–Trinajstić information content (AvgIpc) is 3.11. The number of hydrogen-bond donors (Lipinski definition) is 2.